The van der Waals surface area contributed by atoms with E-state index >= 15 is 0 Å². The van der Waals surface area contributed by atoms with Gasteiger partial charge in [-0.15, -0.1) is 0 Å². The number of rotatable bonds is 6. The predicted octanol–water partition coefficient (Wildman–Crippen LogP) is 3.12. The molecule has 2 fully saturated rings. The van der Waals surface area contributed by atoms with Gasteiger partial charge in [-0.3, -0.25) is 14.5 Å². The van der Waals surface area contributed by atoms with Crippen LogP contribution in [-0.2, 0) is 9.59 Å². The van der Waals surface area contributed by atoms with Gasteiger partial charge in [-0.25, -0.2) is 4.79 Å². The summed E-state index contributed by atoms with van der Waals surface area (Å²) in [6.45, 7) is 5.77. The first-order valence-electron chi connectivity index (χ1n) is 10.2. The summed E-state index contributed by atoms with van der Waals surface area (Å²) in [7, 11) is 0. The van der Waals surface area contributed by atoms with E-state index in [0.717, 1.165) is 18.8 Å². The van der Waals surface area contributed by atoms with Crippen molar-refractivity contribution in [3.63, 3.8) is 0 Å². The molecule has 2 aliphatic rings. The second kappa shape index (κ2) is 8.63. The van der Waals surface area contributed by atoms with Gasteiger partial charge >= 0.3 is 6.03 Å². The lowest BCUT2D eigenvalue weighted by molar-refractivity contribution is -0.130. The van der Waals surface area contributed by atoms with Crippen LogP contribution in [0.4, 0.5) is 16.2 Å². The highest BCUT2D eigenvalue weighted by atomic mass is 16.2. The number of carbonyl (C=O) groups is 3. The van der Waals surface area contributed by atoms with Gasteiger partial charge in [0.1, 0.15) is 5.54 Å². The number of hydrogen-bond acceptors (Lipinski definition) is 4. The first-order valence-corrected chi connectivity index (χ1v) is 10.2. The minimum absolute atomic E-state index is 0.117. The molecule has 1 aromatic rings. The van der Waals surface area contributed by atoms with Gasteiger partial charge in [0.2, 0.25) is 5.91 Å². The number of imide groups is 1. The third kappa shape index (κ3) is 4.82. The van der Waals surface area contributed by atoms with E-state index in [0.29, 0.717) is 6.42 Å². The van der Waals surface area contributed by atoms with E-state index in [4.69, 9.17) is 0 Å². The molecule has 152 valence electrons. The fourth-order valence-electron chi connectivity index (χ4n) is 3.73. The van der Waals surface area contributed by atoms with Crippen molar-refractivity contribution in [1.29, 1.82) is 0 Å². The number of amides is 4. The molecule has 0 atom stereocenters. The SMILES string of the molecule is CC1(C)NC(=O)N(CCCC(=O)Nc2ccc(N3CCCCCC3)cc2)C1=O. The quantitative estimate of drug-likeness (QED) is 0.736. The third-order valence-corrected chi connectivity index (χ3v) is 5.35. The molecule has 0 aromatic heterocycles. The molecule has 4 amide bonds. The molecular formula is C21H30N4O3. The molecule has 2 N–H and O–H groups in total. The minimum atomic E-state index is -0.867. The van der Waals surface area contributed by atoms with Crippen molar-refractivity contribution in [1.82, 2.24) is 10.2 Å². The summed E-state index contributed by atoms with van der Waals surface area (Å²) in [5, 5.41) is 5.53. The van der Waals surface area contributed by atoms with Crippen LogP contribution in [0.25, 0.3) is 0 Å². The van der Waals surface area contributed by atoms with Crippen molar-refractivity contribution in [2.45, 2.75) is 57.9 Å². The molecule has 0 bridgehead atoms. The van der Waals surface area contributed by atoms with E-state index in [1.54, 1.807) is 13.8 Å². The molecule has 2 aliphatic heterocycles. The minimum Gasteiger partial charge on any atom is -0.372 e. The molecule has 0 radical (unpaired) electrons. The molecule has 2 heterocycles. The van der Waals surface area contributed by atoms with Gasteiger partial charge < -0.3 is 15.5 Å². The summed E-state index contributed by atoms with van der Waals surface area (Å²) in [6, 6.07) is 7.57. The van der Waals surface area contributed by atoms with Crippen molar-refractivity contribution in [3.8, 4) is 0 Å². The Morgan fingerprint density at radius 2 is 1.71 bits per heavy atom. The number of hydrogen-bond donors (Lipinski definition) is 2. The maximum atomic E-state index is 12.2. The lowest BCUT2D eigenvalue weighted by Gasteiger charge is -2.22. The van der Waals surface area contributed by atoms with Gasteiger partial charge in [0.15, 0.2) is 0 Å². The third-order valence-electron chi connectivity index (χ3n) is 5.35. The Morgan fingerprint density at radius 3 is 2.29 bits per heavy atom. The molecule has 7 heteroatoms. The molecule has 0 spiro atoms. The average Bonchev–Trinajstić information content (AvgIpc) is 2.86. The normalized spacial score (nSPS) is 19.4. The van der Waals surface area contributed by atoms with Crippen molar-refractivity contribution in [2.24, 2.45) is 0 Å². The highest BCUT2D eigenvalue weighted by Crippen LogP contribution is 2.22. The summed E-state index contributed by atoms with van der Waals surface area (Å²) in [5.41, 5.74) is 1.09. The summed E-state index contributed by atoms with van der Waals surface area (Å²) < 4.78 is 0. The van der Waals surface area contributed by atoms with E-state index in [1.807, 2.05) is 12.1 Å². The number of nitrogens with zero attached hydrogens (tertiary/aromatic N) is 2. The first-order chi connectivity index (χ1) is 13.4. The lowest BCUT2D eigenvalue weighted by atomic mass is 10.1. The van der Waals surface area contributed by atoms with Gasteiger partial charge in [0.25, 0.3) is 5.91 Å². The smallest absolute Gasteiger partial charge is 0.325 e. The average molecular weight is 386 g/mol. The second-order valence-electron chi connectivity index (χ2n) is 8.11. The number of anilines is 2. The zero-order valence-electron chi connectivity index (χ0n) is 16.8. The Kier molecular flexibility index (Phi) is 6.21. The number of benzene rings is 1. The fourth-order valence-corrected chi connectivity index (χ4v) is 3.73. The van der Waals surface area contributed by atoms with Gasteiger partial charge in [-0.2, -0.15) is 0 Å². The van der Waals surface area contributed by atoms with E-state index in [2.05, 4.69) is 27.7 Å². The Balaban J connectivity index is 1.45. The maximum absolute atomic E-state index is 12.2. The summed E-state index contributed by atoms with van der Waals surface area (Å²) in [6.07, 6.45) is 5.75. The molecule has 3 rings (SSSR count). The van der Waals surface area contributed by atoms with Crippen LogP contribution in [0.3, 0.4) is 0 Å². The van der Waals surface area contributed by atoms with Crippen LogP contribution in [0.1, 0.15) is 52.4 Å². The monoisotopic (exact) mass is 386 g/mol. The first kappa shape index (κ1) is 20.2. The largest absolute Gasteiger partial charge is 0.372 e. The van der Waals surface area contributed by atoms with E-state index < -0.39 is 5.54 Å². The molecule has 7 nitrogen and oxygen atoms in total. The molecule has 2 saturated heterocycles. The lowest BCUT2D eigenvalue weighted by Crippen LogP contribution is -2.40. The highest BCUT2D eigenvalue weighted by Gasteiger charge is 2.43. The number of urea groups is 1. The van der Waals surface area contributed by atoms with E-state index in [-0.39, 0.29) is 30.8 Å². The maximum Gasteiger partial charge on any atom is 0.325 e. The molecular weight excluding hydrogens is 356 g/mol. The molecule has 0 saturated carbocycles. The summed E-state index contributed by atoms with van der Waals surface area (Å²) >= 11 is 0. The molecule has 0 aliphatic carbocycles. The molecule has 0 unspecified atom stereocenters. The number of carbonyl (C=O) groups excluding carboxylic acids is 3. The topological polar surface area (TPSA) is 81.8 Å². The standard InChI is InChI=1S/C21H30N4O3/c1-21(2)19(27)25(20(28)23-21)15-7-8-18(26)22-16-9-11-17(12-10-16)24-13-5-3-4-6-14-24/h9-12H,3-8,13-15H2,1-2H3,(H,22,26)(H,23,28). The van der Waals surface area contributed by atoms with Gasteiger partial charge in [0, 0.05) is 37.4 Å². The van der Waals surface area contributed by atoms with Crippen LogP contribution in [0, 0.1) is 0 Å². The van der Waals surface area contributed by atoms with Crippen LogP contribution >= 0.6 is 0 Å². The van der Waals surface area contributed by atoms with Crippen LogP contribution < -0.4 is 15.5 Å². The Hall–Kier alpha value is -2.57. The fraction of sp³-hybridized carbons (Fsp3) is 0.571. The van der Waals surface area contributed by atoms with E-state index in [9.17, 15) is 14.4 Å². The van der Waals surface area contributed by atoms with Crippen LogP contribution in [0.5, 0.6) is 0 Å². The molecule has 28 heavy (non-hydrogen) atoms. The Bertz CT molecular complexity index is 722. The van der Waals surface area contributed by atoms with Crippen molar-refractivity contribution in [3.05, 3.63) is 24.3 Å². The van der Waals surface area contributed by atoms with Gasteiger partial charge in [-0.1, -0.05) is 12.8 Å². The van der Waals surface area contributed by atoms with Crippen molar-refractivity contribution < 1.29 is 14.4 Å². The van der Waals surface area contributed by atoms with E-state index in [1.165, 1.54) is 36.3 Å². The van der Waals surface area contributed by atoms with Crippen LogP contribution in [-0.4, -0.2) is 47.9 Å². The molecule has 1 aromatic carbocycles. The van der Waals surface area contributed by atoms with Crippen LogP contribution in [0.2, 0.25) is 0 Å². The van der Waals surface area contributed by atoms with Crippen LogP contribution in [0.15, 0.2) is 24.3 Å². The number of nitrogens with one attached hydrogen (secondary N) is 2. The second-order valence-corrected chi connectivity index (χ2v) is 8.11. The van der Waals surface area contributed by atoms with Crippen molar-refractivity contribution in [2.75, 3.05) is 29.9 Å². The van der Waals surface area contributed by atoms with Gasteiger partial charge in [-0.05, 0) is 57.4 Å². The predicted molar refractivity (Wildman–Crippen MR) is 109 cm³/mol. The highest BCUT2D eigenvalue weighted by molar-refractivity contribution is 6.06. The van der Waals surface area contributed by atoms with Gasteiger partial charge in [0.05, 0.1) is 0 Å². The zero-order valence-corrected chi connectivity index (χ0v) is 16.8. The van der Waals surface area contributed by atoms with Crippen molar-refractivity contribution >= 4 is 29.2 Å². The Morgan fingerprint density at radius 1 is 1.07 bits per heavy atom. The summed E-state index contributed by atoms with van der Waals surface area (Å²) in [5.74, 6) is -0.365. The summed E-state index contributed by atoms with van der Waals surface area (Å²) in [4.78, 5) is 39.7. The zero-order chi connectivity index (χ0) is 20.1. The Labute approximate surface area is 166 Å².